The van der Waals surface area contributed by atoms with E-state index in [1.165, 1.54) is 0 Å². The SMILES string of the molecule is Cn1nc(CC(=O)CCC2CCCO2)c2ccccc21. The number of aryl methyl sites for hydroxylation is 1. The number of carbonyl (C=O) groups is 1. The van der Waals surface area contributed by atoms with E-state index in [2.05, 4.69) is 5.10 Å². The van der Waals surface area contributed by atoms with Crippen molar-refractivity contribution in [3.05, 3.63) is 30.0 Å². The lowest BCUT2D eigenvalue weighted by atomic mass is 10.0. The number of benzene rings is 1. The molecule has 4 heteroatoms. The maximum Gasteiger partial charge on any atom is 0.139 e. The van der Waals surface area contributed by atoms with E-state index in [1.807, 2.05) is 36.0 Å². The van der Waals surface area contributed by atoms with Crippen LogP contribution in [-0.4, -0.2) is 28.3 Å². The Bertz CT molecular complexity index is 612. The van der Waals surface area contributed by atoms with Crippen molar-refractivity contribution in [2.24, 2.45) is 7.05 Å². The lowest BCUT2D eigenvalue weighted by Gasteiger charge is -2.07. The number of aromatic nitrogens is 2. The Morgan fingerprint density at radius 2 is 2.30 bits per heavy atom. The minimum atomic E-state index is 0.254. The second-order valence-electron chi connectivity index (χ2n) is 5.48. The molecule has 2 heterocycles. The molecule has 1 aliphatic rings. The average Bonchev–Trinajstić information content (AvgIpc) is 3.07. The predicted octanol–water partition coefficient (Wildman–Crippen LogP) is 2.64. The van der Waals surface area contributed by atoms with Crippen molar-refractivity contribution in [1.82, 2.24) is 9.78 Å². The smallest absolute Gasteiger partial charge is 0.139 e. The molecule has 0 bridgehead atoms. The third-order valence-electron chi connectivity index (χ3n) is 3.97. The first-order chi connectivity index (χ1) is 9.74. The Morgan fingerprint density at radius 1 is 1.45 bits per heavy atom. The van der Waals surface area contributed by atoms with Gasteiger partial charge in [-0.1, -0.05) is 18.2 Å². The number of hydrogen-bond acceptors (Lipinski definition) is 3. The Kier molecular flexibility index (Phi) is 3.83. The van der Waals surface area contributed by atoms with Crippen molar-refractivity contribution in [3.63, 3.8) is 0 Å². The highest BCUT2D eigenvalue weighted by Gasteiger charge is 2.18. The van der Waals surface area contributed by atoms with Gasteiger partial charge in [0.2, 0.25) is 0 Å². The van der Waals surface area contributed by atoms with Crippen LogP contribution in [0.5, 0.6) is 0 Å². The van der Waals surface area contributed by atoms with E-state index in [4.69, 9.17) is 4.74 Å². The van der Waals surface area contributed by atoms with Gasteiger partial charge >= 0.3 is 0 Å². The van der Waals surface area contributed by atoms with Crippen LogP contribution in [0, 0.1) is 0 Å². The standard InChI is InChI=1S/C16H20N2O2/c1-18-16-7-3-2-6-14(16)15(17-18)11-12(19)8-9-13-5-4-10-20-13/h2-3,6-7,13H,4-5,8-11H2,1H3. The summed E-state index contributed by atoms with van der Waals surface area (Å²) in [6.07, 6.45) is 4.39. The first-order valence-electron chi connectivity index (χ1n) is 7.28. The molecule has 1 aromatic carbocycles. The average molecular weight is 272 g/mol. The van der Waals surface area contributed by atoms with Gasteiger partial charge in [-0.25, -0.2) is 0 Å². The Morgan fingerprint density at radius 3 is 3.10 bits per heavy atom. The van der Waals surface area contributed by atoms with Crippen LogP contribution in [0.2, 0.25) is 0 Å². The number of ether oxygens (including phenoxy) is 1. The number of rotatable bonds is 5. The van der Waals surface area contributed by atoms with Crippen LogP contribution < -0.4 is 0 Å². The lowest BCUT2D eigenvalue weighted by Crippen LogP contribution is -2.10. The summed E-state index contributed by atoms with van der Waals surface area (Å²) in [5, 5.41) is 5.56. The van der Waals surface area contributed by atoms with Gasteiger partial charge in [-0.3, -0.25) is 9.48 Å². The van der Waals surface area contributed by atoms with Crippen molar-refractivity contribution in [1.29, 1.82) is 0 Å². The predicted molar refractivity (Wildman–Crippen MR) is 77.6 cm³/mol. The fraction of sp³-hybridized carbons (Fsp3) is 0.500. The summed E-state index contributed by atoms with van der Waals surface area (Å²) in [5.74, 6) is 0.254. The van der Waals surface area contributed by atoms with E-state index in [1.54, 1.807) is 0 Å². The van der Waals surface area contributed by atoms with Gasteiger partial charge < -0.3 is 4.74 Å². The minimum absolute atomic E-state index is 0.254. The fourth-order valence-corrected chi connectivity index (χ4v) is 2.89. The van der Waals surface area contributed by atoms with E-state index in [-0.39, 0.29) is 5.78 Å². The molecular formula is C16H20N2O2. The Hall–Kier alpha value is -1.68. The van der Waals surface area contributed by atoms with Crippen molar-refractivity contribution in [2.75, 3.05) is 6.61 Å². The summed E-state index contributed by atoms with van der Waals surface area (Å²) in [6, 6.07) is 8.05. The second-order valence-corrected chi connectivity index (χ2v) is 5.48. The topological polar surface area (TPSA) is 44.1 Å². The quantitative estimate of drug-likeness (QED) is 0.840. The number of nitrogens with zero attached hydrogens (tertiary/aromatic N) is 2. The number of carbonyl (C=O) groups excluding carboxylic acids is 1. The van der Waals surface area contributed by atoms with Gasteiger partial charge in [0.05, 0.1) is 23.7 Å². The van der Waals surface area contributed by atoms with E-state index in [0.29, 0.717) is 18.9 Å². The summed E-state index contributed by atoms with van der Waals surface area (Å²) in [5.41, 5.74) is 1.97. The Labute approximate surface area is 118 Å². The van der Waals surface area contributed by atoms with Gasteiger partial charge in [0.25, 0.3) is 0 Å². The molecule has 1 unspecified atom stereocenters. The molecule has 4 nitrogen and oxygen atoms in total. The van der Waals surface area contributed by atoms with E-state index in [9.17, 15) is 4.79 Å². The largest absolute Gasteiger partial charge is 0.378 e. The minimum Gasteiger partial charge on any atom is -0.378 e. The second kappa shape index (κ2) is 5.75. The highest BCUT2D eigenvalue weighted by Crippen LogP contribution is 2.20. The lowest BCUT2D eigenvalue weighted by molar-refractivity contribution is -0.119. The van der Waals surface area contributed by atoms with Crippen LogP contribution in [0.25, 0.3) is 10.9 Å². The zero-order chi connectivity index (χ0) is 13.9. The molecule has 1 saturated heterocycles. The first kappa shape index (κ1) is 13.3. The summed E-state index contributed by atoms with van der Waals surface area (Å²) in [7, 11) is 1.92. The van der Waals surface area contributed by atoms with Gasteiger partial charge in [0, 0.05) is 25.5 Å². The third-order valence-corrected chi connectivity index (χ3v) is 3.97. The third kappa shape index (κ3) is 2.75. The molecule has 0 radical (unpaired) electrons. The van der Waals surface area contributed by atoms with Crippen LogP contribution in [0.1, 0.15) is 31.4 Å². The van der Waals surface area contributed by atoms with Gasteiger partial charge in [0.1, 0.15) is 5.78 Å². The number of hydrogen-bond donors (Lipinski definition) is 0. The van der Waals surface area contributed by atoms with Crippen molar-refractivity contribution < 1.29 is 9.53 Å². The number of para-hydroxylation sites is 1. The zero-order valence-corrected chi connectivity index (χ0v) is 11.8. The number of ketones is 1. The maximum atomic E-state index is 12.1. The molecule has 1 fully saturated rings. The molecular weight excluding hydrogens is 252 g/mol. The molecule has 0 aliphatic carbocycles. The molecule has 106 valence electrons. The van der Waals surface area contributed by atoms with E-state index in [0.717, 1.165) is 42.5 Å². The molecule has 0 amide bonds. The molecule has 1 atom stereocenters. The van der Waals surface area contributed by atoms with Crippen molar-refractivity contribution >= 4 is 16.7 Å². The number of Topliss-reactive ketones (excluding diaryl/α,β-unsaturated/α-hetero) is 1. The van der Waals surface area contributed by atoms with Crippen LogP contribution in [0.15, 0.2) is 24.3 Å². The number of fused-ring (bicyclic) bond motifs is 1. The summed E-state index contributed by atoms with van der Waals surface area (Å²) >= 11 is 0. The highest BCUT2D eigenvalue weighted by atomic mass is 16.5. The molecule has 3 rings (SSSR count). The van der Waals surface area contributed by atoms with Crippen molar-refractivity contribution in [2.45, 2.75) is 38.2 Å². The molecule has 0 N–H and O–H groups in total. The fourth-order valence-electron chi connectivity index (χ4n) is 2.89. The van der Waals surface area contributed by atoms with Crippen molar-refractivity contribution in [3.8, 4) is 0 Å². The normalized spacial score (nSPS) is 18.8. The van der Waals surface area contributed by atoms with Gasteiger partial charge in [-0.15, -0.1) is 0 Å². The van der Waals surface area contributed by atoms with Crippen LogP contribution in [0.4, 0.5) is 0 Å². The van der Waals surface area contributed by atoms with Crippen LogP contribution in [-0.2, 0) is 23.0 Å². The van der Waals surface area contributed by atoms with Gasteiger partial charge in [-0.05, 0) is 25.3 Å². The molecule has 0 saturated carbocycles. The van der Waals surface area contributed by atoms with E-state index >= 15 is 0 Å². The van der Waals surface area contributed by atoms with Crippen LogP contribution >= 0.6 is 0 Å². The van der Waals surface area contributed by atoms with Gasteiger partial charge in [0.15, 0.2) is 0 Å². The molecule has 2 aromatic rings. The van der Waals surface area contributed by atoms with Gasteiger partial charge in [-0.2, -0.15) is 5.10 Å². The molecule has 1 aromatic heterocycles. The maximum absolute atomic E-state index is 12.1. The summed E-state index contributed by atoms with van der Waals surface area (Å²) < 4.78 is 7.40. The highest BCUT2D eigenvalue weighted by molar-refractivity contribution is 5.88. The van der Waals surface area contributed by atoms with E-state index < -0.39 is 0 Å². The zero-order valence-electron chi connectivity index (χ0n) is 11.8. The Balaban J connectivity index is 1.65. The monoisotopic (exact) mass is 272 g/mol. The molecule has 0 spiro atoms. The first-order valence-corrected chi connectivity index (χ1v) is 7.28. The summed E-state index contributed by atoms with van der Waals surface area (Å²) in [4.78, 5) is 12.1. The van der Waals surface area contributed by atoms with Crippen LogP contribution in [0.3, 0.4) is 0 Å². The molecule has 1 aliphatic heterocycles. The molecule has 20 heavy (non-hydrogen) atoms. The summed E-state index contributed by atoms with van der Waals surface area (Å²) in [6.45, 7) is 0.851.